The highest BCUT2D eigenvalue weighted by Gasteiger charge is 2.22. The predicted octanol–water partition coefficient (Wildman–Crippen LogP) is 3.77. The Bertz CT molecular complexity index is 715. The van der Waals surface area contributed by atoms with Gasteiger partial charge in [0.05, 0.1) is 11.6 Å². The third kappa shape index (κ3) is 6.75. The zero-order valence-corrected chi connectivity index (χ0v) is 18.5. The number of halogens is 1. The molecular formula is C19H27IN4OS. The lowest BCUT2D eigenvalue weighted by Crippen LogP contribution is -2.37. The minimum Gasteiger partial charge on any atom is -0.493 e. The number of ether oxygens (including phenoxy) is 1. The smallest absolute Gasteiger partial charge is 0.191 e. The number of rotatable bonds is 8. The number of guanidine groups is 1. The zero-order valence-electron chi connectivity index (χ0n) is 15.3. The van der Waals surface area contributed by atoms with E-state index < -0.39 is 0 Å². The summed E-state index contributed by atoms with van der Waals surface area (Å²) < 4.78 is 5.96. The van der Waals surface area contributed by atoms with Crippen LogP contribution in [0.5, 0.6) is 5.75 Å². The molecule has 1 aromatic carbocycles. The number of para-hydroxylation sites is 1. The van der Waals surface area contributed by atoms with Crippen molar-refractivity contribution >= 4 is 41.3 Å². The average Bonchev–Trinajstić information content (AvgIpc) is 3.37. The number of thiazole rings is 1. The largest absolute Gasteiger partial charge is 0.493 e. The fourth-order valence-corrected chi connectivity index (χ4v) is 3.27. The van der Waals surface area contributed by atoms with Gasteiger partial charge in [0.1, 0.15) is 5.75 Å². The predicted molar refractivity (Wildman–Crippen MR) is 119 cm³/mol. The summed E-state index contributed by atoms with van der Waals surface area (Å²) in [5.74, 6) is 2.52. The Morgan fingerprint density at radius 1 is 1.31 bits per heavy atom. The van der Waals surface area contributed by atoms with Gasteiger partial charge in [-0.1, -0.05) is 18.2 Å². The van der Waals surface area contributed by atoms with E-state index in [0.29, 0.717) is 6.54 Å². The molecule has 2 N–H and O–H groups in total. The molecule has 1 heterocycles. The molecule has 0 aliphatic heterocycles. The normalized spacial score (nSPS) is 13.8. The number of benzene rings is 1. The lowest BCUT2D eigenvalue weighted by molar-refractivity contribution is 0.296. The number of hydrogen-bond acceptors (Lipinski definition) is 4. The SMILES string of the molecule is CN=C(NCCc1ncc(C)s1)NCc1ccccc1OCC1CC1.I. The van der Waals surface area contributed by atoms with Gasteiger partial charge in [-0.2, -0.15) is 0 Å². The second-order valence-electron chi connectivity index (χ2n) is 6.33. The maximum absolute atomic E-state index is 5.96. The molecule has 1 fully saturated rings. The molecule has 5 nitrogen and oxygen atoms in total. The highest BCUT2D eigenvalue weighted by Crippen LogP contribution is 2.30. The quantitative estimate of drug-likeness (QED) is 0.339. The van der Waals surface area contributed by atoms with E-state index in [-0.39, 0.29) is 24.0 Å². The lowest BCUT2D eigenvalue weighted by Gasteiger charge is -2.14. The van der Waals surface area contributed by atoms with Crippen molar-refractivity contribution in [1.29, 1.82) is 0 Å². The summed E-state index contributed by atoms with van der Waals surface area (Å²) in [4.78, 5) is 9.93. The monoisotopic (exact) mass is 486 g/mol. The van der Waals surface area contributed by atoms with Crippen LogP contribution in [0.3, 0.4) is 0 Å². The van der Waals surface area contributed by atoms with Crippen LogP contribution in [0.25, 0.3) is 0 Å². The number of nitrogens with one attached hydrogen (secondary N) is 2. The van der Waals surface area contributed by atoms with Crippen LogP contribution in [0.2, 0.25) is 0 Å². The maximum atomic E-state index is 5.96. The molecule has 3 rings (SSSR count). The highest BCUT2D eigenvalue weighted by atomic mass is 127. The van der Waals surface area contributed by atoms with Gasteiger partial charge in [0, 0.05) is 43.2 Å². The first-order valence-corrected chi connectivity index (χ1v) is 9.63. The van der Waals surface area contributed by atoms with Gasteiger partial charge in [0.25, 0.3) is 0 Å². The Kier molecular flexibility index (Phi) is 8.64. The summed E-state index contributed by atoms with van der Waals surface area (Å²) in [6.45, 7) is 4.42. The first kappa shape index (κ1) is 21.0. The fourth-order valence-electron chi connectivity index (χ4n) is 2.49. The molecule has 0 saturated heterocycles. The average molecular weight is 486 g/mol. The Morgan fingerprint density at radius 2 is 2.12 bits per heavy atom. The highest BCUT2D eigenvalue weighted by molar-refractivity contribution is 14.0. The molecule has 0 bridgehead atoms. The molecule has 0 unspecified atom stereocenters. The van der Waals surface area contributed by atoms with E-state index in [9.17, 15) is 0 Å². The first-order valence-electron chi connectivity index (χ1n) is 8.81. The van der Waals surface area contributed by atoms with Gasteiger partial charge < -0.3 is 15.4 Å². The minimum atomic E-state index is 0. The molecular weight excluding hydrogens is 459 g/mol. The third-order valence-corrected chi connectivity index (χ3v) is 5.09. The number of aryl methyl sites for hydroxylation is 1. The van der Waals surface area contributed by atoms with Gasteiger partial charge >= 0.3 is 0 Å². The van der Waals surface area contributed by atoms with Crippen LogP contribution in [0, 0.1) is 12.8 Å². The van der Waals surface area contributed by atoms with E-state index in [4.69, 9.17) is 4.74 Å². The second kappa shape index (κ2) is 10.7. The Morgan fingerprint density at radius 3 is 2.81 bits per heavy atom. The van der Waals surface area contributed by atoms with Crippen LogP contribution >= 0.6 is 35.3 Å². The number of aromatic nitrogens is 1. The van der Waals surface area contributed by atoms with E-state index in [1.165, 1.54) is 17.7 Å². The Hall–Kier alpha value is -1.35. The van der Waals surface area contributed by atoms with Gasteiger partial charge in [-0.05, 0) is 31.7 Å². The summed E-state index contributed by atoms with van der Waals surface area (Å²) in [5, 5.41) is 7.86. The van der Waals surface area contributed by atoms with E-state index >= 15 is 0 Å². The zero-order chi connectivity index (χ0) is 17.5. The van der Waals surface area contributed by atoms with Gasteiger partial charge in [-0.25, -0.2) is 4.98 Å². The Balaban J connectivity index is 0.00000243. The van der Waals surface area contributed by atoms with Crippen molar-refractivity contribution in [3.05, 3.63) is 45.9 Å². The van der Waals surface area contributed by atoms with Gasteiger partial charge in [-0.15, -0.1) is 35.3 Å². The van der Waals surface area contributed by atoms with Crippen LogP contribution in [0.1, 0.15) is 28.3 Å². The summed E-state index contributed by atoms with van der Waals surface area (Å²) in [6.07, 6.45) is 5.43. The van der Waals surface area contributed by atoms with Crippen LogP contribution in [-0.4, -0.2) is 31.1 Å². The maximum Gasteiger partial charge on any atom is 0.191 e. The summed E-state index contributed by atoms with van der Waals surface area (Å²) in [6, 6.07) is 8.21. The molecule has 0 radical (unpaired) electrons. The molecule has 1 saturated carbocycles. The van der Waals surface area contributed by atoms with Gasteiger partial charge in [-0.3, -0.25) is 4.99 Å². The molecule has 142 valence electrons. The fraction of sp³-hybridized carbons (Fsp3) is 0.474. The van der Waals surface area contributed by atoms with Crippen LogP contribution in [0.4, 0.5) is 0 Å². The molecule has 0 amide bonds. The first-order chi connectivity index (χ1) is 12.2. The van der Waals surface area contributed by atoms with Crippen LogP contribution in [-0.2, 0) is 13.0 Å². The van der Waals surface area contributed by atoms with Crippen molar-refractivity contribution in [3.63, 3.8) is 0 Å². The molecule has 1 aliphatic carbocycles. The molecule has 0 spiro atoms. The van der Waals surface area contributed by atoms with Crippen molar-refractivity contribution < 1.29 is 4.74 Å². The number of aliphatic imine (C=N–C) groups is 1. The number of nitrogens with zero attached hydrogens (tertiary/aromatic N) is 2. The lowest BCUT2D eigenvalue weighted by atomic mass is 10.2. The van der Waals surface area contributed by atoms with Crippen molar-refractivity contribution in [3.8, 4) is 5.75 Å². The van der Waals surface area contributed by atoms with Crippen molar-refractivity contribution in [1.82, 2.24) is 15.6 Å². The summed E-state index contributed by atoms with van der Waals surface area (Å²) >= 11 is 1.74. The summed E-state index contributed by atoms with van der Waals surface area (Å²) in [5.41, 5.74) is 1.15. The molecule has 0 atom stereocenters. The standard InChI is InChI=1S/C19H26N4OS.HI/c1-14-11-22-18(25-14)9-10-21-19(20-2)23-12-16-5-3-4-6-17(16)24-13-15-7-8-15;/h3-6,11,15H,7-10,12-13H2,1-2H3,(H2,20,21,23);1H. The van der Waals surface area contributed by atoms with E-state index in [0.717, 1.165) is 47.8 Å². The van der Waals surface area contributed by atoms with Crippen LogP contribution in [0.15, 0.2) is 35.5 Å². The van der Waals surface area contributed by atoms with Crippen molar-refractivity contribution in [2.75, 3.05) is 20.2 Å². The van der Waals surface area contributed by atoms with E-state index in [1.807, 2.05) is 24.4 Å². The minimum absolute atomic E-state index is 0. The molecule has 2 aromatic rings. The molecule has 1 aliphatic rings. The van der Waals surface area contributed by atoms with Gasteiger partial charge in [0.15, 0.2) is 5.96 Å². The van der Waals surface area contributed by atoms with Gasteiger partial charge in [0.2, 0.25) is 0 Å². The van der Waals surface area contributed by atoms with E-state index in [2.05, 4.69) is 33.6 Å². The third-order valence-electron chi connectivity index (χ3n) is 4.11. The van der Waals surface area contributed by atoms with Crippen molar-refractivity contribution in [2.24, 2.45) is 10.9 Å². The Labute approximate surface area is 176 Å². The van der Waals surface area contributed by atoms with Crippen molar-refractivity contribution in [2.45, 2.75) is 32.7 Å². The second-order valence-corrected chi connectivity index (χ2v) is 7.65. The topological polar surface area (TPSA) is 58.5 Å². The molecule has 7 heteroatoms. The van der Waals surface area contributed by atoms with Crippen LogP contribution < -0.4 is 15.4 Å². The van der Waals surface area contributed by atoms with E-state index in [1.54, 1.807) is 18.4 Å². The number of hydrogen-bond donors (Lipinski definition) is 2. The molecule has 26 heavy (non-hydrogen) atoms. The summed E-state index contributed by atoms with van der Waals surface area (Å²) in [7, 11) is 1.79. The molecule has 1 aromatic heterocycles.